The van der Waals surface area contributed by atoms with Gasteiger partial charge in [-0.25, -0.2) is 9.97 Å². The normalized spacial score (nSPS) is 16.0. The first-order valence-electron chi connectivity index (χ1n) is 8.99. The van der Waals surface area contributed by atoms with Gasteiger partial charge in [0.2, 0.25) is 0 Å². The van der Waals surface area contributed by atoms with Crippen LogP contribution in [0.2, 0.25) is 0 Å². The number of carbonyl (C=O) groups is 1. The van der Waals surface area contributed by atoms with Gasteiger partial charge >= 0.3 is 0 Å². The van der Waals surface area contributed by atoms with Gasteiger partial charge in [0.1, 0.15) is 11.5 Å². The molecule has 4 heterocycles. The average Bonchev–Trinajstić information content (AvgIpc) is 3.30. The van der Waals surface area contributed by atoms with Crippen LogP contribution in [0.1, 0.15) is 44.9 Å². The van der Waals surface area contributed by atoms with E-state index in [1.165, 1.54) is 5.56 Å². The number of imidazole rings is 2. The van der Waals surface area contributed by atoms with E-state index < -0.39 is 0 Å². The van der Waals surface area contributed by atoms with Crippen molar-refractivity contribution in [2.75, 3.05) is 0 Å². The molecule has 1 atom stereocenters. The summed E-state index contributed by atoms with van der Waals surface area (Å²) in [5.41, 5.74) is 3.76. The number of nitrogens with zero attached hydrogens (tertiary/aromatic N) is 4. The van der Waals surface area contributed by atoms with E-state index in [1.807, 2.05) is 36.7 Å². The quantitative estimate of drug-likeness (QED) is 0.580. The first kappa shape index (κ1) is 16.3. The van der Waals surface area contributed by atoms with Crippen LogP contribution in [0.15, 0.2) is 42.9 Å². The average molecular weight is 377 g/mol. The lowest BCUT2D eigenvalue weighted by molar-refractivity contribution is 0.0926. The molecule has 27 heavy (non-hydrogen) atoms. The zero-order valence-corrected chi connectivity index (χ0v) is 16.0. The Kier molecular flexibility index (Phi) is 3.65. The maximum absolute atomic E-state index is 13.1. The predicted molar refractivity (Wildman–Crippen MR) is 105 cm³/mol. The van der Waals surface area contributed by atoms with Gasteiger partial charge < -0.3 is 9.88 Å². The van der Waals surface area contributed by atoms with Gasteiger partial charge in [-0.05, 0) is 38.3 Å². The molecule has 4 aromatic rings. The third-order valence-electron chi connectivity index (χ3n) is 5.07. The molecule has 0 spiro atoms. The summed E-state index contributed by atoms with van der Waals surface area (Å²) in [6, 6.07) is 8.18. The Hall–Kier alpha value is -2.93. The number of amides is 1. The maximum Gasteiger partial charge on any atom is 0.270 e. The van der Waals surface area contributed by atoms with Crippen molar-refractivity contribution in [2.45, 2.75) is 32.7 Å². The van der Waals surface area contributed by atoms with Crippen molar-refractivity contribution < 1.29 is 4.79 Å². The molecule has 1 amide bonds. The molecule has 0 bridgehead atoms. The van der Waals surface area contributed by atoms with Crippen LogP contribution < -0.4 is 5.32 Å². The third kappa shape index (κ3) is 2.57. The molecule has 0 saturated heterocycles. The van der Waals surface area contributed by atoms with Crippen molar-refractivity contribution in [3.8, 4) is 5.69 Å². The van der Waals surface area contributed by atoms with Crippen molar-refractivity contribution in [1.29, 1.82) is 0 Å². The third-order valence-corrected chi connectivity index (χ3v) is 5.97. The molecule has 0 fully saturated rings. The number of aromatic nitrogens is 4. The van der Waals surface area contributed by atoms with Crippen molar-refractivity contribution in [3.05, 3.63) is 70.5 Å². The summed E-state index contributed by atoms with van der Waals surface area (Å²) >= 11 is 1.59. The zero-order valence-electron chi connectivity index (χ0n) is 15.1. The fourth-order valence-electron chi connectivity index (χ4n) is 3.86. The van der Waals surface area contributed by atoms with Gasteiger partial charge in [-0.1, -0.05) is 18.2 Å². The van der Waals surface area contributed by atoms with E-state index in [4.69, 9.17) is 0 Å². The van der Waals surface area contributed by atoms with Crippen molar-refractivity contribution in [2.24, 2.45) is 0 Å². The van der Waals surface area contributed by atoms with Crippen molar-refractivity contribution in [3.63, 3.8) is 0 Å². The largest absolute Gasteiger partial charge is 0.341 e. The molecular weight excluding hydrogens is 358 g/mol. The minimum absolute atomic E-state index is 0.108. The van der Waals surface area contributed by atoms with Gasteiger partial charge in [-0.15, -0.1) is 11.3 Å². The van der Waals surface area contributed by atoms with Crippen LogP contribution in [0.25, 0.3) is 10.6 Å². The van der Waals surface area contributed by atoms with E-state index in [9.17, 15) is 4.79 Å². The Labute approximate surface area is 160 Å². The summed E-state index contributed by atoms with van der Waals surface area (Å²) < 4.78 is 3.98. The summed E-state index contributed by atoms with van der Waals surface area (Å²) in [7, 11) is 0. The van der Waals surface area contributed by atoms with Crippen LogP contribution >= 0.6 is 11.3 Å². The molecule has 136 valence electrons. The highest BCUT2D eigenvalue weighted by Gasteiger charge is 2.27. The maximum atomic E-state index is 13.1. The Morgan fingerprint density at radius 1 is 1.30 bits per heavy atom. The number of aryl methyl sites for hydroxylation is 3. The standard InChI is InChI=1S/C20H19N5OS/c1-12-11-25-17(13(2)22-20(25)27-12)19(26)23-15-8-7-14-5-3-4-6-16(14)24-10-9-21-18(15)24/h3-6,9-11,15H,7-8H2,1-2H3,(H,23,26). The number of thiazole rings is 1. The van der Waals surface area contributed by atoms with Gasteiger partial charge in [-0.2, -0.15) is 0 Å². The van der Waals surface area contributed by atoms with E-state index in [0.717, 1.165) is 39.9 Å². The number of hydrogen-bond acceptors (Lipinski definition) is 4. The number of para-hydroxylation sites is 1. The van der Waals surface area contributed by atoms with Gasteiger partial charge in [0.05, 0.1) is 11.7 Å². The molecule has 6 nitrogen and oxygen atoms in total. The second-order valence-electron chi connectivity index (χ2n) is 6.89. The number of nitrogens with one attached hydrogen (secondary N) is 1. The second-order valence-corrected chi connectivity index (χ2v) is 8.10. The molecule has 1 aliphatic heterocycles. The van der Waals surface area contributed by atoms with E-state index in [1.54, 1.807) is 17.5 Å². The van der Waals surface area contributed by atoms with Crippen LogP contribution in [0.4, 0.5) is 0 Å². The van der Waals surface area contributed by atoms with E-state index in [2.05, 4.69) is 38.1 Å². The Morgan fingerprint density at radius 2 is 2.15 bits per heavy atom. The molecule has 1 N–H and O–H groups in total. The second kappa shape index (κ2) is 6.06. The summed E-state index contributed by atoms with van der Waals surface area (Å²) in [6.45, 7) is 3.91. The van der Waals surface area contributed by atoms with E-state index >= 15 is 0 Å². The molecule has 1 aliphatic rings. The molecule has 3 aromatic heterocycles. The number of benzene rings is 1. The summed E-state index contributed by atoms with van der Waals surface area (Å²) in [5.74, 6) is 0.761. The molecule has 7 heteroatoms. The van der Waals surface area contributed by atoms with Crippen LogP contribution in [0.5, 0.6) is 0 Å². The Balaban J connectivity index is 1.51. The number of fused-ring (bicyclic) bond motifs is 4. The highest BCUT2D eigenvalue weighted by Crippen LogP contribution is 2.29. The molecule has 1 aromatic carbocycles. The highest BCUT2D eigenvalue weighted by molar-refractivity contribution is 7.17. The summed E-state index contributed by atoms with van der Waals surface area (Å²) in [6.07, 6.45) is 7.43. The summed E-state index contributed by atoms with van der Waals surface area (Å²) in [4.78, 5) is 24.2. The monoisotopic (exact) mass is 377 g/mol. The highest BCUT2D eigenvalue weighted by atomic mass is 32.1. The predicted octanol–water partition coefficient (Wildman–Crippen LogP) is 3.62. The Bertz CT molecular complexity index is 1170. The first-order chi connectivity index (χ1) is 13.1. The molecule has 0 aliphatic carbocycles. The van der Waals surface area contributed by atoms with Gasteiger partial charge in [0, 0.05) is 29.2 Å². The van der Waals surface area contributed by atoms with Crippen LogP contribution in [0, 0.1) is 13.8 Å². The van der Waals surface area contributed by atoms with Crippen LogP contribution in [-0.2, 0) is 6.42 Å². The molecule has 0 radical (unpaired) electrons. The van der Waals surface area contributed by atoms with E-state index in [0.29, 0.717) is 5.69 Å². The lowest BCUT2D eigenvalue weighted by Gasteiger charge is -2.17. The minimum atomic E-state index is -0.149. The van der Waals surface area contributed by atoms with Gasteiger partial charge in [-0.3, -0.25) is 9.20 Å². The topological polar surface area (TPSA) is 64.2 Å². The lowest BCUT2D eigenvalue weighted by atomic mass is 10.1. The number of rotatable bonds is 2. The Morgan fingerprint density at radius 3 is 3.04 bits per heavy atom. The number of hydrogen-bond donors (Lipinski definition) is 1. The van der Waals surface area contributed by atoms with Crippen molar-refractivity contribution >= 4 is 22.2 Å². The lowest BCUT2D eigenvalue weighted by Crippen LogP contribution is -2.31. The SMILES string of the molecule is Cc1cn2c(C(=O)NC3CCc4ccccc4-n4ccnc43)c(C)nc2s1. The molecular formula is C20H19N5OS. The first-order valence-corrected chi connectivity index (χ1v) is 9.81. The van der Waals surface area contributed by atoms with Gasteiger partial charge in [0.25, 0.3) is 5.91 Å². The fourth-order valence-corrected chi connectivity index (χ4v) is 4.73. The number of carbonyl (C=O) groups excluding carboxylic acids is 1. The summed E-state index contributed by atoms with van der Waals surface area (Å²) in [5, 5.41) is 3.20. The molecule has 5 rings (SSSR count). The van der Waals surface area contributed by atoms with Crippen molar-refractivity contribution in [1.82, 2.24) is 24.3 Å². The smallest absolute Gasteiger partial charge is 0.270 e. The van der Waals surface area contributed by atoms with E-state index in [-0.39, 0.29) is 11.9 Å². The zero-order chi connectivity index (χ0) is 18.5. The fraction of sp³-hybridized carbons (Fsp3) is 0.250. The molecule has 0 saturated carbocycles. The molecule has 1 unspecified atom stereocenters. The minimum Gasteiger partial charge on any atom is -0.341 e. The van der Waals surface area contributed by atoms with Gasteiger partial charge in [0.15, 0.2) is 4.96 Å². The van der Waals surface area contributed by atoms with Crippen LogP contribution in [-0.4, -0.2) is 24.8 Å². The van der Waals surface area contributed by atoms with Crippen LogP contribution in [0.3, 0.4) is 0 Å².